The molecule has 0 saturated carbocycles. The molecule has 0 fully saturated rings. The number of thioether (sulfide) groups is 1. The molecule has 2 aromatic carbocycles. The van der Waals surface area contributed by atoms with Crippen molar-refractivity contribution in [2.45, 2.75) is 11.3 Å². The van der Waals surface area contributed by atoms with Gasteiger partial charge in [0, 0.05) is 10.6 Å². The largest absolute Gasteiger partial charge is 0.507 e. The molecule has 3 rings (SSSR count). The zero-order chi connectivity index (χ0) is 19.9. The Hall–Kier alpha value is -3.31. The van der Waals surface area contributed by atoms with Crippen LogP contribution >= 0.6 is 11.8 Å². The number of hydrogen-bond acceptors (Lipinski definition) is 6. The highest BCUT2D eigenvalue weighted by molar-refractivity contribution is 7.99. The number of fused-ring (bicyclic) bond motifs is 1. The molecule has 0 unspecified atom stereocenters. The molecular weight excluding hydrogens is 381 g/mol. The van der Waals surface area contributed by atoms with Gasteiger partial charge in [0.25, 0.3) is 0 Å². The number of benzene rings is 2. The van der Waals surface area contributed by atoms with Gasteiger partial charge in [-0.3, -0.25) is 4.79 Å². The minimum Gasteiger partial charge on any atom is -0.507 e. The predicted octanol–water partition coefficient (Wildman–Crippen LogP) is 4.22. The Morgan fingerprint density at radius 2 is 2.00 bits per heavy atom. The highest BCUT2D eigenvalue weighted by Crippen LogP contribution is 2.20. The van der Waals surface area contributed by atoms with E-state index in [9.17, 15) is 19.6 Å². The standard InChI is InChI=1S/C20H16FN3O3S/c21-13-5-7-14(8-6-13)28-10-9-19(26)27-12-18(25)15(11-22)20-23-16-3-1-2-4-17(16)24-20/h1-8,25H,9-10,12H2,(H,23,24)/b18-15-. The molecule has 3 aromatic rings. The molecule has 8 heteroatoms. The highest BCUT2D eigenvalue weighted by Gasteiger charge is 2.15. The third-order valence-corrected chi connectivity index (χ3v) is 4.80. The molecular formula is C20H16FN3O3S. The van der Waals surface area contributed by atoms with Crippen LogP contribution in [0, 0.1) is 17.1 Å². The number of hydrogen-bond donors (Lipinski definition) is 2. The average Bonchev–Trinajstić information content (AvgIpc) is 3.12. The number of ether oxygens (including phenoxy) is 1. The molecule has 1 heterocycles. The fraction of sp³-hybridized carbons (Fsp3) is 0.150. The number of carbonyl (C=O) groups is 1. The number of nitrogens with one attached hydrogen (secondary N) is 1. The molecule has 1 aromatic heterocycles. The van der Waals surface area contributed by atoms with E-state index in [4.69, 9.17) is 4.74 Å². The number of nitriles is 1. The Kier molecular flexibility index (Phi) is 6.29. The summed E-state index contributed by atoms with van der Waals surface area (Å²) >= 11 is 1.39. The number of aliphatic hydroxyl groups is 1. The van der Waals surface area contributed by atoms with Gasteiger partial charge in [-0.2, -0.15) is 5.26 Å². The van der Waals surface area contributed by atoms with Crippen molar-refractivity contribution < 1.29 is 19.0 Å². The van der Waals surface area contributed by atoms with Crippen LogP contribution in [0.5, 0.6) is 0 Å². The summed E-state index contributed by atoms with van der Waals surface area (Å²) in [5.41, 5.74) is 1.31. The molecule has 2 N–H and O–H groups in total. The fourth-order valence-electron chi connectivity index (χ4n) is 2.40. The summed E-state index contributed by atoms with van der Waals surface area (Å²) < 4.78 is 17.9. The number of imidazole rings is 1. The number of aromatic amines is 1. The maximum Gasteiger partial charge on any atom is 0.307 e. The van der Waals surface area contributed by atoms with Crippen molar-refractivity contribution in [3.05, 3.63) is 65.9 Å². The van der Waals surface area contributed by atoms with Crippen LogP contribution in [-0.2, 0) is 9.53 Å². The minimum absolute atomic E-state index is 0.0790. The number of nitrogens with zero attached hydrogens (tertiary/aromatic N) is 2. The summed E-state index contributed by atoms with van der Waals surface area (Å²) in [4.78, 5) is 19.9. The summed E-state index contributed by atoms with van der Waals surface area (Å²) in [6.07, 6.45) is 0.113. The van der Waals surface area contributed by atoms with Gasteiger partial charge in [0.05, 0.1) is 17.5 Å². The fourth-order valence-corrected chi connectivity index (χ4v) is 3.23. The quantitative estimate of drug-likeness (QED) is 0.268. The summed E-state index contributed by atoms with van der Waals surface area (Å²) in [5, 5.41) is 19.5. The van der Waals surface area contributed by atoms with E-state index in [1.807, 2.05) is 18.2 Å². The summed E-state index contributed by atoms with van der Waals surface area (Å²) in [5.74, 6) is -0.541. The van der Waals surface area contributed by atoms with E-state index in [0.29, 0.717) is 11.3 Å². The van der Waals surface area contributed by atoms with Gasteiger partial charge in [-0.05, 0) is 36.4 Å². The van der Waals surface area contributed by atoms with E-state index in [-0.39, 0.29) is 29.4 Å². The molecule has 0 aliphatic carbocycles. The second-order valence-corrected chi connectivity index (χ2v) is 6.92. The van der Waals surface area contributed by atoms with Crippen molar-refractivity contribution in [2.75, 3.05) is 12.4 Å². The molecule has 0 radical (unpaired) electrons. The Bertz CT molecular complexity index is 1020. The number of esters is 1. The molecule has 0 amide bonds. The molecule has 142 valence electrons. The first-order valence-corrected chi connectivity index (χ1v) is 9.36. The van der Waals surface area contributed by atoms with E-state index in [2.05, 4.69) is 9.97 Å². The van der Waals surface area contributed by atoms with Crippen LogP contribution in [0.15, 0.2) is 59.2 Å². The summed E-state index contributed by atoms with van der Waals surface area (Å²) in [6, 6.07) is 15.1. The second-order valence-electron chi connectivity index (χ2n) is 5.75. The van der Waals surface area contributed by atoms with Crippen molar-refractivity contribution in [2.24, 2.45) is 0 Å². The molecule has 6 nitrogen and oxygen atoms in total. The van der Waals surface area contributed by atoms with Crippen molar-refractivity contribution in [3.8, 4) is 6.07 Å². The molecule has 0 saturated heterocycles. The molecule has 0 aliphatic rings. The zero-order valence-corrected chi connectivity index (χ0v) is 15.5. The van der Waals surface area contributed by atoms with E-state index >= 15 is 0 Å². The average molecular weight is 397 g/mol. The number of allylic oxidation sites excluding steroid dienone is 1. The number of rotatable bonds is 7. The van der Waals surface area contributed by atoms with E-state index in [0.717, 1.165) is 10.4 Å². The Morgan fingerprint density at radius 3 is 2.71 bits per heavy atom. The van der Waals surface area contributed by atoms with Gasteiger partial charge in [0.2, 0.25) is 0 Å². The van der Waals surface area contributed by atoms with Crippen molar-refractivity contribution in [1.82, 2.24) is 9.97 Å². The van der Waals surface area contributed by atoms with Crippen LogP contribution in [0.3, 0.4) is 0 Å². The Morgan fingerprint density at radius 1 is 1.25 bits per heavy atom. The lowest BCUT2D eigenvalue weighted by atomic mass is 10.2. The number of H-pyrrole nitrogens is 1. The molecule has 0 atom stereocenters. The monoisotopic (exact) mass is 397 g/mol. The van der Waals surface area contributed by atoms with Gasteiger partial charge < -0.3 is 14.8 Å². The van der Waals surface area contributed by atoms with Crippen LogP contribution in [0.25, 0.3) is 16.6 Å². The summed E-state index contributed by atoms with van der Waals surface area (Å²) in [7, 11) is 0. The van der Waals surface area contributed by atoms with Gasteiger partial charge in [0.1, 0.15) is 24.1 Å². The van der Waals surface area contributed by atoms with E-state index in [1.54, 1.807) is 24.3 Å². The first-order chi connectivity index (χ1) is 13.6. The number of carbonyl (C=O) groups excluding carboxylic acids is 1. The van der Waals surface area contributed by atoms with Gasteiger partial charge in [-0.15, -0.1) is 11.8 Å². The third-order valence-electron chi connectivity index (χ3n) is 3.78. The van der Waals surface area contributed by atoms with Crippen LogP contribution in [-0.4, -0.2) is 33.4 Å². The number of aliphatic hydroxyl groups excluding tert-OH is 1. The molecule has 0 bridgehead atoms. The molecule has 0 spiro atoms. The molecule has 28 heavy (non-hydrogen) atoms. The lowest BCUT2D eigenvalue weighted by molar-refractivity contribution is -0.142. The SMILES string of the molecule is N#C/C(=C(/O)COC(=O)CCSc1ccc(F)cc1)c1nc2ccccc2[nH]1. The van der Waals surface area contributed by atoms with E-state index in [1.165, 1.54) is 23.9 Å². The molecule has 0 aliphatic heterocycles. The number of halogens is 1. The van der Waals surface area contributed by atoms with Crippen LogP contribution in [0.2, 0.25) is 0 Å². The second kappa shape index (κ2) is 9.06. The normalized spacial score (nSPS) is 11.7. The van der Waals surface area contributed by atoms with Crippen molar-refractivity contribution >= 4 is 34.3 Å². The van der Waals surface area contributed by atoms with Gasteiger partial charge in [0.15, 0.2) is 11.6 Å². The van der Waals surface area contributed by atoms with Crippen LogP contribution < -0.4 is 0 Å². The van der Waals surface area contributed by atoms with Gasteiger partial charge >= 0.3 is 5.97 Å². The van der Waals surface area contributed by atoms with Crippen LogP contribution in [0.1, 0.15) is 12.2 Å². The Balaban J connectivity index is 1.55. The smallest absolute Gasteiger partial charge is 0.307 e. The zero-order valence-electron chi connectivity index (χ0n) is 14.7. The topological polar surface area (TPSA) is 99.0 Å². The number of para-hydroxylation sites is 2. The third kappa shape index (κ3) is 4.90. The lowest BCUT2D eigenvalue weighted by Gasteiger charge is -2.06. The van der Waals surface area contributed by atoms with E-state index < -0.39 is 12.6 Å². The first-order valence-electron chi connectivity index (χ1n) is 8.38. The maximum atomic E-state index is 12.8. The summed E-state index contributed by atoms with van der Waals surface area (Å²) in [6.45, 7) is -0.417. The lowest BCUT2D eigenvalue weighted by Crippen LogP contribution is -2.09. The maximum absolute atomic E-state index is 12.8. The highest BCUT2D eigenvalue weighted by atomic mass is 32.2. The minimum atomic E-state index is -0.511. The van der Waals surface area contributed by atoms with Crippen molar-refractivity contribution in [3.63, 3.8) is 0 Å². The van der Waals surface area contributed by atoms with Gasteiger partial charge in [-0.1, -0.05) is 12.1 Å². The predicted molar refractivity (Wildman–Crippen MR) is 104 cm³/mol. The Labute approximate surface area is 164 Å². The van der Waals surface area contributed by atoms with Crippen molar-refractivity contribution in [1.29, 1.82) is 5.26 Å². The van der Waals surface area contributed by atoms with Crippen LogP contribution in [0.4, 0.5) is 4.39 Å². The number of aromatic nitrogens is 2. The van der Waals surface area contributed by atoms with Gasteiger partial charge in [-0.25, -0.2) is 9.37 Å². The first kappa shape index (κ1) is 19.5.